The number of aromatic amines is 1. The molecule has 6 nitrogen and oxygen atoms in total. The largest absolute Gasteiger partial charge is 0.359 e. The van der Waals surface area contributed by atoms with Crippen molar-refractivity contribution >= 4 is 40.0 Å². The second-order valence-electron chi connectivity index (χ2n) is 6.76. The van der Waals surface area contributed by atoms with Crippen molar-refractivity contribution in [2.24, 2.45) is 0 Å². The average Bonchev–Trinajstić information content (AvgIpc) is 3.22. The summed E-state index contributed by atoms with van der Waals surface area (Å²) in [6, 6.07) is 4.88. The summed E-state index contributed by atoms with van der Waals surface area (Å²) in [5.41, 5.74) is 1.45. The van der Waals surface area contributed by atoms with Crippen molar-refractivity contribution in [2.75, 3.05) is 10.6 Å². The zero-order valence-corrected chi connectivity index (χ0v) is 15.1. The fourth-order valence-corrected chi connectivity index (χ4v) is 3.56. The van der Waals surface area contributed by atoms with Crippen LogP contribution in [0.3, 0.4) is 0 Å². The minimum Gasteiger partial charge on any atom is -0.359 e. The maximum absolute atomic E-state index is 13.3. The van der Waals surface area contributed by atoms with Crippen molar-refractivity contribution in [3.05, 3.63) is 41.9 Å². The van der Waals surface area contributed by atoms with Gasteiger partial charge in [-0.3, -0.25) is 5.32 Å². The molecule has 142 valence electrons. The van der Waals surface area contributed by atoms with Gasteiger partial charge in [0.1, 0.15) is 0 Å². The zero-order chi connectivity index (χ0) is 19.0. The van der Waals surface area contributed by atoms with Crippen molar-refractivity contribution < 1.29 is 13.6 Å². The summed E-state index contributed by atoms with van der Waals surface area (Å²) < 4.78 is 28.4. The van der Waals surface area contributed by atoms with E-state index in [0.717, 1.165) is 10.9 Å². The molecular formula is C18H18ClF2N5O. The number of benzene rings is 1. The fourth-order valence-electron chi connectivity index (χ4n) is 3.39. The standard InChI is InChI=1S/C18H18ClF2N5O/c19-11-1-2-14-13(7-11)15(8-22-14)24-17(27)25-16-9-26(10-23-16)12-3-5-18(20,21)6-4-12/h1-2,7-10,12,22H,3-6H2,(H2,24,25,27). The Kier molecular flexibility index (Phi) is 4.51. The smallest absolute Gasteiger partial charge is 0.324 e. The molecule has 0 atom stereocenters. The van der Waals surface area contributed by atoms with Crippen molar-refractivity contribution in [2.45, 2.75) is 37.6 Å². The number of fused-ring (bicyclic) bond motifs is 1. The Bertz CT molecular complexity index is 973. The van der Waals surface area contributed by atoms with Gasteiger partial charge in [-0.05, 0) is 31.0 Å². The summed E-state index contributed by atoms with van der Waals surface area (Å²) in [5, 5.41) is 6.78. The number of imidazole rings is 1. The molecule has 3 N–H and O–H groups in total. The highest BCUT2D eigenvalue weighted by Crippen LogP contribution is 2.38. The summed E-state index contributed by atoms with van der Waals surface area (Å²) in [7, 11) is 0. The van der Waals surface area contributed by atoms with E-state index in [4.69, 9.17) is 11.6 Å². The van der Waals surface area contributed by atoms with E-state index in [1.807, 2.05) is 6.07 Å². The number of aromatic nitrogens is 3. The van der Waals surface area contributed by atoms with Crippen LogP contribution in [0.2, 0.25) is 5.02 Å². The van der Waals surface area contributed by atoms with Crippen LogP contribution in [-0.2, 0) is 0 Å². The van der Waals surface area contributed by atoms with E-state index in [9.17, 15) is 13.6 Å². The predicted octanol–water partition coefficient (Wildman–Crippen LogP) is 5.41. The Morgan fingerprint density at radius 3 is 2.85 bits per heavy atom. The van der Waals surface area contributed by atoms with E-state index in [1.54, 1.807) is 35.4 Å². The van der Waals surface area contributed by atoms with Crippen LogP contribution >= 0.6 is 11.6 Å². The van der Waals surface area contributed by atoms with Crippen LogP contribution in [0.25, 0.3) is 10.9 Å². The Morgan fingerprint density at radius 1 is 1.30 bits per heavy atom. The number of urea groups is 1. The quantitative estimate of drug-likeness (QED) is 0.556. The molecule has 4 rings (SSSR count). The van der Waals surface area contributed by atoms with Crippen LogP contribution in [0.15, 0.2) is 36.9 Å². The van der Waals surface area contributed by atoms with Crippen LogP contribution in [0.5, 0.6) is 0 Å². The average molecular weight is 394 g/mol. The third kappa shape index (κ3) is 3.90. The van der Waals surface area contributed by atoms with Gasteiger partial charge in [-0.25, -0.2) is 18.6 Å². The molecule has 2 amide bonds. The molecule has 2 aromatic heterocycles. The molecule has 9 heteroatoms. The van der Waals surface area contributed by atoms with Crippen molar-refractivity contribution in [3.8, 4) is 0 Å². The number of hydrogen-bond acceptors (Lipinski definition) is 2. The number of amides is 2. The molecule has 0 saturated heterocycles. The summed E-state index contributed by atoms with van der Waals surface area (Å²) in [4.78, 5) is 19.5. The first-order chi connectivity index (χ1) is 12.9. The molecule has 1 aliphatic rings. The Hall–Kier alpha value is -2.61. The lowest BCUT2D eigenvalue weighted by Crippen LogP contribution is -2.25. The van der Waals surface area contributed by atoms with Crippen molar-refractivity contribution in [3.63, 3.8) is 0 Å². The number of carbonyl (C=O) groups excluding carboxylic acids is 1. The number of nitrogens with zero attached hydrogens (tertiary/aromatic N) is 2. The highest BCUT2D eigenvalue weighted by atomic mass is 35.5. The van der Waals surface area contributed by atoms with E-state index < -0.39 is 12.0 Å². The third-order valence-electron chi connectivity index (χ3n) is 4.84. The number of halogens is 3. The van der Waals surface area contributed by atoms with Crippen molar-refractivity contribution in [1.82, 2.24) is 14.5 Å². The lowest BCUT2D eigenvalue weighted by molar-refractivity contribution is -0.0439. The number of carbonyl (C=O) groups is 1. The van der Waals surface area contributed by atoms with E-state index in [2.05, 4.69) is 20.6 Å². The third-order valence-corrected chi connectivity index (χ3v) is 5.08. The lowest BCUT2D eigenvalue weighted by Gasteiger charge is -2.28. The van der Waals surface area contributed by atoms with Gasteiger partial charge in [0.2, 0.25) is 5.92 Å². The van der Waals surface area contributed by atoms with Crippen LogP contribution < -0.4 is 10.6 Å². The van der Waals surface area contributed by atoms with E-state index in [1.165, 1.54) is 0 Å². The number of rotatable bonds is 3. The molecule has 1 aliphatic carbocycles. The maximum Gasteiger partial charge on any atom is 0.324 e. The molecule has 0 bridgehead atoms. The Labute approximate surface area is 158 Å². The summed E-state index contributed by atoms with van der Waals surface area (Å²) >= 11 is 6.01. The minimum absolute atomic E-state index is 0.0218. The molecule has 0 unspecified atom stereocenters. The lowest BCUT2D eigenvalue weighted by atomic mass is 9.92. The molecule has 1 fully saturated rings. The summed E-state index contributed by atoms with van der Waals surface area (Å²) in [6.45, 7) is 0. The number of nitrogens with one attached hydrogen (secondary N) is 3. The first-order valence-electron chi connectivity index (χ1n) is 8.66. The highest BCUT2D eigenvalue weighted by Gasteiger charge is 2.35. The molecule has 0 spiro atoms. The highest BCUT2D eigenvalue weighted by molar-refractivity contribution is 6.31. The molecule has 1 aromatic carbocycles. The predicted molar refractivity (Wildman–Crippen MR) is 101 cm³/mol. The Balaban J connectivity index is 1.40. The Morgan fingerprint density at radius 2 is 2.07 bits per heavy atom. The van der Waals surface area contributed by atoms with Gasteiger partial charge in [0, 0.05) is 47.2 Å². The van der Waals surface area contributed by atoms with Gasteiger partial charge in [0.15, 0.2) is 5.82 Å². The van der Waals surface area contributed by atoms with Gasteiger partial charge >= 0.3 is 6.03 Å². The first kappa shape index (κ1) is 17.8. The molecule has 1 saturated carbocycles. The van der Waals surface area contributed by atoms with Gasteiger partial charge in [-0.15, -0.1) is 0 Å². The van der Waals surface area contributed by atoms with E-state index >= 15 is 0 Å². The normalized spacial score (nSPS) is 17.1. The molecular weight excluding hydrogens is 376 g/mol. The second kappa shape index (κ2) is 6.84. The molecule has 2 heterocycles. The topological polar surface area (TPSA) is 74.7 Å². The van der Waals surface area contributed by atoms with Gasteiger partial charge in [0.05, 0.1) is 12.0 Å². The van der Waals surface area contributed by atoms with Crippen LogP contribution in [0, 0.1) is 0 Å². The fraction of sp³-hybridized carbons (Fsp3) is 0.333. The van der Waals surface area contributed by atoms with E-state index in [0.29, 0.717) is 29.4 Å². The van der Waals surface area contributed by atoms with Gasteiger partial charge in [-0.1, -0.05) is 11.6 Å². The van der Waals surface area contributed by atoms with Crippen LogP contribution in [-0.4, -0.2) is 26.5 Å². The number of anilines is 2. The second-order valence-corrected chi connectivity index (χ2v) is 7.20. The first-order valence-corrected chi connectivity index (χ1v) is 9.03. The van der Waals surface area contributed by atoms with Crippen molar-refractivity contribution in [1.29, 1.82) is 0 Å². The molecule has 0 aliphatic heterocycles. The van der Waals surface area contributed by atoms with E-state index in [-0.39, 0.29) is 18.9 Å². The molecule has 27 heavy (non-hydrogen) atoms. The van der Waals surface area contributed by atoms with Gasteiger partial charge in [-0.2, -0.15) is 0 Å². The number of hydrogen-bond donors (Lipinski definition) is 3. The monoisotopic (exact) mass is 393 g/mol. The summed E-state index contributed by atoms with van der Waals surface area (Å²) in [6.07, 6.45) is 5.46. The molecule has 3 aromatic rings. The summed E-state index contributed by atoms with van der Waals surface area (Å²) in [5.74, 6) is -2.21. The van der Waals surface area contributed by atoms with Crippen LogP contribution in [0.4, 0.5) is 25.1 Å². The minimum atomic E-state index is -2.57. The number of H-pyrrole nitrogens is 1. The zero-order valence-electron chi connectivity index (χ0n) is 14.3. The molecule has 0 radical (unpaired) electrons. The maximum atomic E-state index is 13.3. The number of alkyl halides is 2. The van der Waals surface area contributed by atoms with Crippen LogP contribution in [0.1, 0.15) is 31.7 Å². The SMILES string of the molecule is O=C(Nc1cn(C2CCC(F)(F)CC2)cn1)Nc1c[nH]c2ccc(Cl)cc12. The van der Waals surface area contributed by atoms with Gasteiger partial charge in [0.25, 0.3) is 0 Å². The van der Waals surface area contributed by atoms with Gasteiger partial charge < -0.3 is 14.9 Å².